The van der Waals surface area contributed by atoms with Gasteiger partial charge in [0.2, 0.25) is 0 Å². The van der Waals surface area contributed by atoms with Crippen molar-refractivity contribution in [1.82, 2.24) is 16.2 Å². The highest BCUT2D eigenvalue weighted by Crippen LogP contribution is 2.27. The molecule has 0 radical (unpaired) electrons. The number of hydrazine groups is 1. The number of anilines is 1. The Morgan fingerprint density at radius 1 is 1.20 bits per heavy atom. The van der Waals surface area contributed by atoms with Crippen molar-refractivity contribution in [2.24, 2.45) is 4.99 Å². The fourth-order valence-corrected chi connectivity index (χ4v) is 2.70. The van der Waals surface area contributed by atoms with Crippen molar-refractivity contribution in [2.75, 3.05) is 18.8 Å². The lowest BCUT2D eigenvalue weighted by molar-refractivity contribution is 0.419. The van der Waals surface area contributed by atoms with Crippen LogP contribution < -0.4 is 26.6 Å². The minimum absolute atomic E-state index is 0.660. The Morgan fingerprint density at radius 2 is 2.03 bits per heavy atom. The van der Waals surface area contributed by atoms with E-state index in [1.54, 1.807) is 0 Å². The lowest BCUT2D eigenvalue weighted by Gasteiger charge is -2.20. The Bertz CT molecular complexity index is 849. The summed E-state index contributed by atoms with van der Waals surface area (Å²) in [5.41, 5.74) is 16.8. The number of allylic oxidation sites excluding steroid dienone is 3. The van der Waals surface area contributed by atoms with Gasteiger partial charge in [-0.05, 0) is 50.9 Å². The number of nitrogen functional groups attached to an aromatic ring is 1. The molecule has 0 unspecified atom stereocenters. The smallest absolute Gasteiger partial charge is 0.149 e. The van der Waals surface area contributed by atoms with Gasteiger partial charge in [0, 0.05) is 48.0 Å². The number of rotatable bonds is 11. The average molecular weight is 410 g/mol. The molecule has 30 heavy (non-hydrogen) atoms. The van der Waals surface area contributed by atoms with Crippen molar-refractivity contribution in [1.29, 1.82) is 0 Å². The lowest BCUT2D eigenvalue weighted by atomic mass is 10.1. The molecule has 5 N–H and O–H groups in total. The van der Waals surface area contributed by atoms with E-state index in [9.17, 15) is 0 Å². The van der Waals surface area contributed by atoms with Crippen LogP contribution in [-0.4, -0.2) is 19.3 Å². The molecular weight excluding hydrogens is 374 g/mol. The zero-order valence-electron chi connectivity index (χ0n) is 18.6. The second kappa shape index (κ2) is 12.5. The summed E-state index contributed by atoms with van der Waals surface area (Å²) in [6, 6.07) is 5.70. The molecule has 1 heterocycles. The van der Waals surface area contributed by atoms with Crippen molar-refractivity contribution >= 4 is 18.0 Å². The summed E-state index contributed by atoms with van der Waals surface area (Å²) in [7, 11) is 0. The standard InChI is InChI=1S/C24H35N5O/c1-5-7-13-27-17-20(16-26-12-6-2)8-9-21-10-11-22(25)15-24(21)30-23-14-18(3)28-29-19(23)4/h8-11,13-15,17,26,28-29H,5-7,12,16,25H2,1-4H3/b9-8-,20-17+,27-13?. The molecule has 0 aromatic heterocycles. The third-order valence-corrected chi connectivity index (χ3v) is 4.42. The molecule has 1 aliphatic rings. The second-order valence-corrected chi connectivity index (χ2v) is 7.30. The second-order valence-electron chi connectivity index (χ2n) is 7.30. The number of nitrogens with one attached hydrogen (secondary N) is 3. The number of nitrogens with zero attached hydrogens (tertiary/aromatic N) is 1. The summed E-state index contributed by atoms with van der Waals surface area (Å²) in [6.07, 6.45) is 13.1. The quantitative estimate of drug-likeness (QED) is 0.185. The van der Waals surface area contributed by atoms with Gasteiger partial charge in [-0.25, -0.2) is 0 Å². The van der Waals surface area contributed by atoms with Crippen LogP contribution in [0.25, 0.3) is 6.08 Å². The molecule has 162 valence electrons. The zero-order chi connectivity index (χ0) is 21.8. The molecule has 0 aliphatic carbocycles. The Balaban J connectivity index is 2.25. The topological polar surface area (TPSA) is 83.7 Å². The highest BCUT2D eigenvalue weighted by molar-refractivity contribution is 5.64. The van der Waals surface area contributed by atoms with Crippen LogP contribution in [0, 0.1) is 0 Å². The molecule has 0 saturated carbocycles. The predicted molar refractivity (Wildman–Crippen MR) is 128 cm³/mol. The van der Waals surface area contributed by atoms with E-state index in [-0.39, 0.29) is 0 Å². The van der Waals surface area contributed by atoms with Gasteiger partial charge in [-0.15, -0.1) is 0 Å². The first-order chi connectivity index (χ1) is 14.5. The third kappa shape index (κ3) is 7.79. The minimum atomic E-state index is 0.660. The first-order valence-electron chi connectivity index (χ1n) is 10.6. The molecule has 0 spiro atoms. The normalized spacial score (nSPS) is 14.8. The first kappa shape index (κ1) is 23.3. The summed E-state index contributed by atoms with van der Waals surface area (Å²) < 4.78 is 6.20. The first-order valence-corrected chi connectivity index (χ1v) is 10.6. The van der Waals surface area contributed by atoms with Gasteiger partial charge >= 0.3 is 0 Å². The molecule has 1 aromatic rings. The Labute approximate surface area is 180 Å². The van der Waals surface area contributed by atoms with Crippen molar-refractivity contribution in [3.05, 3.63) is 64.8 Å². The number of hydrogen-bond acceptors (Lipinski definition) is 6. The number of benzene rings is 1. The van der Waals surface area contributed by atoms with Gasteiger partial charge in [0.25, 0.3) is 0 Å². The van der Waals surface area contributed by atoms with E-state index in [2.05, 4.69) is 41.1 Å². The van der Waals surface area contributed by atoms with Gasteiger partial charge in [0.05, 0.1) is 5.70 Å². The maximum absolute atomic E-state index is 6.20. The largest absolute Gasteiger partial charge is 0.455 e. The number of aliphatic imine (C=N–C) groups is 1. The van der Waals surface area contributed by atoms with Crippen LogP contribution in [0.1, 0.15) is 52.5 Å². The van der Waals surface area contributed by atoms with Gasteiger partial charge in [-0.1, -0.05) is 32.4 Å². The molecule has 1 aromatic carbocycles. The van der Waals surface area contributed by atoms with Crippen LogP contribution in [-0.2, 0) is 0 Å². The van der Waals surface area contributed by atoms with Crippen LogP contribution >= 0.6 is 0 Å². The van der Waals surface area contributed by atoms with Crippen LogP contribution in [0.2, 0.25) is 0 Å². The van der Waals surface area contributed by atoms with Gasteiger partial charge in [0.1, 0.15) is 11.5 Å². The van der Waals surface area contributed by atoms with Gasteiger partial charge < -0.3 is 26.6 Å². The molecule has 6 nitrogen and oxygen atoms in total. The summed E-state index contributed by atoms with van der Waals surface area (Å²) >= 11 is 0. The van der Waals surface area contributed by atoms with Crippen molar-refractivity contribution < 1.29 is 4.74 Å². The Kier molecular flexibility index (Phi) is 9.74. The molecule has 0 fully saturated rings. The predicted octanol–water partition coefficient (Wildman–Crippen LogP) is 4.66. The molecule has 1 aliphatic heterocycles. The van der Waals surface area contributed by atoms with Crippen LogP contribution in [0.5, 0.6) is 5.75 Å². The Morgan fingerprint density at radius 3 is 2.80 bits per heavy atom. The number of unbranched alkanes of at least 4 members (excludes halogenated alkanes) is 1. The van der Waals surface area contributed by atoms with E-state index in [0.717, 1.165) is 60.6 Å². The number of nitrogens with two attached hydrogens (primary N) is 1. The highest BCUT2D eigenvalue weighted by atomic mass is 16.5. The fourth-order valence-electron chi connectivity index (χ4n) is 2.70. The monoisotopic (exact) mass is 409 g/mol. The third-order valence-electron chi connectivity index (χ3n) is 4.42. The fraction of sp³-hybridized carbons (Fsp3) is 0.375. The molecule has 0 atom stereocenters. The minimum Gasteiger partial charge on any atom is -0.455 e. The molecule has 0 saturated heterocycles. The maximum Gasteiger partial charge on any atom is 0.149 e. The lowest BCUT2D eigenvalue weighted by Crippen LogP contribution is -2.33. The number of ether oxygens (including phenoxy) is 1. The van der Waals surface area contributed by atoms with E-state index in [1.807, 2.05) is 56.6 Å². The van der Waals surface area contributed by atoms with Gasteiger partial charge in [0.15, 0.2) is 0 Å². The van der Waals surface area contributed by atoms with E-state index in [4.69, 9.17) is 10.5 Å². The molecule has 6 heteroatoms. The van der Waals surface area contributed by atoms with E-state index < -0.39 is 0 Å². The average Bonchev–Trinajstić information content (AvgIpc) is 2.72. The van der Waals surface area contributed by atoms with Crippen molar-refractivity contribution in [3.8, 4) is 5.75 Å². The summed E-state index contributed by atoms with van der Waals surface area (Å²) in [6.45, 7) is 9.98. The maximum atomic E-state index is 6.20. The summed E-state index contributed by atoms with van der Waals surface area (Å²) in [5.74, 6) is 1.47. The zero-order valence-corrected chi connectivity index (χ0v) is 18.6. The Hall–Kier alpha value is -2.99. The van der Waals surface area contributed by atoms with Crippen molar-refractivity contribution in [3.63, 3.8) is 0 Å². The molecule has 0 amide bonds. The molecule has 2 rings (SSSR count). The van der Waals surface area contributed by atoms with Crippen LogP contribution in [0.4, 0.5) is 5.69 Å². The SMILES string of the molecule is CCCC=N/C=C(\C=C/c1ccc(N)cc1OC1=C(C)NNC(C)=C1)CNCCC. The van der Waals surface area contributed by atoms with E-state index >= 15 is 0 Å². The molecule has 0 bridgehead atoms. The summed E-state index contributed by atoms with van der Waals surface area (Å²) in [5, 5.41) is 3.44. The van der Waals surface area contributed by atoms with Crippen LogP contribution in [0.15, 0.2) is 64.3 Å². The van der Waals surface area contributed by atoms with E-state index in [1.165, 1.54) is 0 Å². The van der Waals surface area contributed by atoms with Crippen LogP contribution in [0.3, 0.4) is 0 Å². The highest BCUT2D eigenvalue weighted by Gasteiger charge is 2.11. The summed E-state index contributed by atoms with van der Waals surface area (Å²) in [4.78, 5) is 4.44. The molecular formula is C24H35N5O. The van der Waals surface area contributed by atoms with Gasteiger partial charge in [-0.3, -0.25) is 4.99 Å². The van der Waals surface area contributed by atoms with E-state index in [0.29, 0.717) is 11.4 Å². The van der Waals surface area contributed by atoms with Gasteiger partial charge in [-0.2, -0.15) is 0 Å². The number of hydrogen-bond donors (Lipinski definition) is 4. The van der Waals surface area contributed by atoms with Crippen molar-refractivity contribution in [2.45, 2.75) is 47.0 Å².